The molecule has 0 atom stereocenters. The Morgan fingerprint density at radius 3 is 2.75 bits per heavy atom. The van der Waals surface area contributed by atoms with Crippen LogP contribution in [0.3, 0.4) is 0 Å². The third-order valence-electron chi connectivity index (χ3n) is 1.72. The third kappa shape index (κ3) is 3.17. The predicted octanol–water partition coefficient (Wildman–Crippen LogP) is -1.18. The number of carbonyl (C=O) groups is 1. The summed E-state index contributed by atoms with van der Waals surface area (Å²) in [7, 11) is -3.78. The fraction of sp³-hybridized carbons (Fsp3) is 0.250. The van der Waals surface area contributed by atoms with Crippen molar-refractivity contribution in [2.75, 3.05) is 12.3 Å². The lowest BCUT2D eigenvalue weighted by Gasteiger charge is -2.06. The summed E-state index contributed by atoms with van der Waals surface area (Å²) in [4.78, 5) is 14.1. The van der Waals surface area contributed by atoms with Gasteiger partial charge in [-0.15, -0.1) is 0 Å². The fourth-order valence-corrected chi connectivity index (χ4v) is 2.09. The lowest BCUT2D eigenvalue weighted by Crippen LogP contribution is -2.29. The van der Waals surface area contributed by atoms with Crippen molar-refractivity contribution in [3.63, 3.8) is 0 Å². The number of hydrogen-bond acceptors (Lipinski definition) is 5. The summed E-state index contributed by atoms with van der Waals surface area (Å²) in [5.74, 6) is -0.586. The largest absolute Gasteiger partial charge is 0.396 e. The smallest absolute Gasteiger partial charge is 0.260 e. The molecule has 1 aromatic heterocycles. The minimum atomic E-state index is -3.78. The van der Waals surface area contributed by atoms with Crippen molar-refractivity contribution in [1.29, 1.82) is 0 Å². The van der Waals surface area contributed by atoms with Gasteiger partial charge in [0, 0.05) is 19.2 Å². The van der Waals surface area contributed by atoms with E-state index in [-0.39, 0.29) is 23.7 Å². The summed E-state index contributed by atoms with van der Waals surface area (Å²) < 4.78 is 25.4. The first kappa shape index (κ1) is 12.4. The van der Waals surface area contributed by atoms with Gasteiger partial charge in [0.2, 0.25) is 5.91 Å². The van der Waals surface area contributed by atoms with E-state index in [0.29, 0.717) is 0 Å². The highest BCUT2D eigenvalue weighted by Crippen LogP contribution is 2.13. The maximum absolute atomic E-state index is 11.6. The van der Waals surface area contributed by atoms with Crippen molar-refractivity contribution in [2.24, 2.45) is 5.73 Å². The van der Waals surface area contributed by atoms with Gasteiger partial charge in [-0.3, -0.25) is 4.79 Å². The first-order valence-corrected chi connectivity index (χ1v) is 5.90. The second-order valence-electron chi connectivity index (χ2n) is 3.01. The normalized spacial score (nSPS) is 11.2. The molecule has 0 aliphatic carbocycles. The van der Waals surface area contributed by atoms with E-state index in [1.807, 2.05) is 0 Å². The molecule has 0 aromatic carbocycles. The number of anilines is 1. The van der Waals surface area contributed by atoms with E-state index in [9.17, 15) is 13.2 Å². The van der Waals surface area contributed by atoms with Crippen LogP contribution in [-0.4, -0.2) is 25.9 Å². The van der Waals surface area contributed by atoms with Gasteiger partial charge in [0.25, 0.3) is 10.0 Å². The van der Waals surface area contributed by atoms with Gasteiger partial charge in [0.1, 0.15) is 0 Å². The average Bonchev–Trinajstić information content (AvgIpc) is 2.17. The van der Waals surface area contributed by atoms with Crippen LogP contribution in [0.2, 0.25) is 0 Å². The highest BCUT2D eigenvalue weighted by atomic mass is 32.2. The molecule has 0 unspecified atom stereocenters. The number of nitrogens with two attached hydrogens (primary N) is 2. The third-order valence-corrected chi connectivity index (χ3v) is 3.15. The fourth-order valence-electron chi connectivity index (χ4n) is 1.00. The number of hydrogen-bond donors (Lipinski definition) is 3. The minimum absolute atomic E-state index is 0.0501. The number of primary amides is 1. The number of rotatable bonds is 5. The highest BCUT2D eigenvalue weighted by Gasteiger charge is 2.18. The molecule has 16 heavy (non-hydrogen) atoms. The van der Waals surface area contributed by atoms with Gasteiger partial charge in [0.15, 0.2) is 5.03 Å². The standard InChI is InChI=1S/C8H12N4O3S/c9-6-2-1-4-11-8(6)16(14,15)12-5-3-7(10)13/h1-2,4,12H,3,5,9H2,(H2,10,13). The second kappa shape index (κ2) is 4.90. The molecular formula is C8H12N4O3S. The van der Waals surface area contributed by atoms with Crippen LogP contribution in [0.4, 0.5) is 5.69 Å². The number of sulfonamides is 1. The summed E-state index contributed by atoms with van der Waals surface area (Å²) in [6.07, 6.45) is 1.24. The molecule has 1 rings (SSSR count). The summed E-state index contributed by atoms with van der Waals surface area (Å²) in [6.45, 7) is -0.0757. The number of amides is 1. The Hall–Kier alpha value is -1.67. The van der Waals surface area contributed by atoms with Gasteiger partial charge in [-0.05, 0) is 12.1 Å². The molecule has 0 aliphatic heterocycles. The predicted molar refractivity (Wildman–Crippen MR) is 57.6 cm³/mol. The highest BCUT2D eigenvalue weighted by molar-refractivity contribution is 7.89. The Bertz CT molecular complexity index is 486. The van der Waals surface area contributed by atoms with E-state index in [4.69, 9.17) is 11.5 Å². The Morgan fingerprint density at radius 1 is 1.50 bits per heavy atom. The molecule has 1 aromatic rings. The lowest BCUT2D eigenvalue weighted by molar-refractivity contribution is -0.117. The molecule has 0 saturated heterocycles. The van der Waals surface area contributed by atoms with Crippen molar-refractivity contribution in [3.05, 3.63) is 18.3 Å². The van der Waals surface area contributed by atoms with Crippen molar-refractivity contribution in [1.82, 2.24) is 9.71 Å². The number of nitrogen functional groups attached to an aromatic ring is 1. The quantitative estimate of drug-likeness (QED) is 0.600. The van der Waals surface area contributed by atoms with E-state index in [1.165, 1.54) is 18.3 Å². The number of nitrogens with zero attached hydrogens (tertiary/aromatic N) is 1. The zero-order chi connectivity index (χ0) is 12.2. The number of nitrogens with one attached hydrogen (secondary N) is 1. The van der Waals surface area contributed by atoms with Crippen molar-refractivity contribution >= 4 is 21.6 Å². The van der Waals surface area contributed by atoms with Gasteiger partial charge >= 0.3 is 0 Å². The zero-order valence-electron chi connectivity index (χ0n) is 8.38. The topological polar surface area (TPSA) is 128 Å². The van der Waals surface area contributed by atoms with Gasteiger partial charge in [0.05, 0.1) is 5.69 Å². The van der Waals surface area contributed by atoms with E-state index in [1.54, 1.807) is 0 Å². The Kier molecular flexibility index (Phi) is 3.80. The SMILES string of the molecule is NC(=O)CCNS(=O)(=O)c1ncccc1N. The molecule has 8 heteroatoms. The Labute approximate surface area is 92.9 Å². The van der Waals surface area contributed by atoms with E-state index in [2.05, 4.69) is 9.71 Å². The molecule has 1 amide bonds. The van der Waals surface area contributed by atoms with Gasteiger partial charge < -0.3 is 11.5 Å². The van der Waals surface area contributed by atoms with E-state index >= 15 is 0 Å². The maximum atomic E-state index is 11.6. The molecule has 0 bridgehead atoms. The van der Waals surface area contributed by atoms with Crippen LogP contribution < -0.4 is 16.2 Å². The van der Waals surface area contributed by atoms with Gasteiger partial charge in [-0.1, -0.05) is 0 Å². The lowest BCUT2D eigenvalue weighted by atomic mass is 10.4. The second-order valence-corrected chi connectivity index (χ2v) is 4.69. The number of carbonyl (C=O) groups excluding carboxylic acids is 1. The maximum Gasteiger partial charge on any atom is 0.260 e. The van der Waals surface area contributed by atoms with Crippen LogP contribution in [0.15, 0.2) is 23.4 Å². The molecule has 88 valence electrons. The molecule has 7 nitrogen and oxygen atoms in total. The van der Waals surface area contributed by atoms with Crippen LogP contribution in [0, 0.1) is 0 Å². The summed E-state index contributed by atoms with van der Waals surface area (Å²) in [6, 6.07) is 2.95. The van der Waals surface area contributed by atoms with Gasteiger partial charge in [-0.25, -0.2) is 18.1 Å². The molecular weight excluding hydrogens is 232 g/mol. The van der Waals surface area contributed by atoms with E-state index < -0.39 is 15.9 Å². The monoisotopic (exact) mass is 244 g/mol. The first-order valence-electron chi connectivity index (χ1n) is 4.42. The molecule has 0 radical (unpaired) electrons. The summed E-state index contributed by atoms with van der Waals surface area (Å²) in [5, 5.41) is -0.250. The van der Waals surface area contributed by atoms with Crippen LogP contribution in [0.5, 0.6) is 0 Å². The van der Waals surface area contributed by atoms with Crippen LogP contribution >= 0.6 is 0 Å². The van der Waals surface area contributed by atoms with Crippen molar-refractivity contribution in [2.45, 2.75) is 11.4 Å². The van der Waals surface area contributed by atoms with Crippen molar-refractivity contribution in [3.8, 4) is 0 Å². The number of aromatic nitrogens is 1. The first-order chi connectivity index (χ1) is 7.43. The zero-order valence-corrected chi connectivity index (χ0v) is 9.20. The van der Waals surface area contributed by atoms with Crippen LogP contribution in [-0.2, 0) is 14.8 Å². The Morgan fingerprint density at radius 2 is 2.19 bits per heavy atom. The van der Waals surface area contributed by atoms with E-state index in [0.717, 1.165) is 0 Å². The molecule has 5 N–H and O–H groups in total. The average molecular weight is 244 g/mol. The molecule has 0 fully saturated rings. The molecule has 1 heterocycles. The minimum Gasteiger partial charge on any atom is -0.396 e. The van der Waals surface area contributed by atoms with Gasteiger partial charge in [-0.2, -0.15) is 0 Å². The van der Waals surface area contributed by atoms with Crippen LogP contribution in [0.25, 0.3) is 0 Å². The number of pyridine rings is 1. The van der Waals surface area contributed by atoms with Crippen molar-refractivity contribution < 1.29 is 13.2 Å². The van der Waals surface area contributed by atoms with Crippen LogP contribution in [0.1, 0.15) is 6.42 Å². The summed E-state index contributed by atoms with van der Waals surface area (Å²) in [5.41, 5.74) is 10.4. The molecule has 0 spiro atoms. The molecule has 0 aliphatic rings. The summed E-state index contributed by atoms with van der Waals surface area (Å²) >= 11 is 0. The Balaban J connectivity index is 2.79. The molecule has 0 saturated carbocycles.